The van der Waals surface area contributed by atoms with Crippen LogP contribution < -0.4 is 4.90 Å². The zero-order chi connectivity index (χ0) is 16.9. The number of nitrogens with zero attached hydrogens (tertiary/aromatic N) is 3. The number of aliphatic hydroxyl groups excluding tert-OH is 1. The maximum Gasteiger partial charge on any atom is 0.335 e. The van der Waals surface area contributed by atoms with E-state index in [0.29, 0.717) is 5.52 Å². The molecule has 4 rings (SSSR count). The third-order valence-electron chi connectivity index (χ3n) is 5.85. The van der Waals surface area contributed by atoms with Crippen molar-refractivity contribution < 1.29 is 15.0 Å². The molecule has 1 aromatic heterocycles. The molecule has 1 saturated carbocycles. The van der Waals surface area contributed by atoms with Gasteiger partial charge in [0.15, 0.2) is 0 Å². The summed E-state index contributed by atoms with van der Waals surface area (Å²) in [5, 5.41) is 19.6. The molecular formula is C18H23N3O3. The summed E-state index contributed by atoms with van der Waals surface area (Å²) in [7, 11) is 1.97. The van der Waals surface area contributed by atoms with Crippen LogP contribution in [-0.2, 0) is 7.05 Å². The lowest BCUT2D eigenvalue weighted by molar-refractivity contribution is 0.0405. The van der Waals surface area contributed by atoms with Crippen LogP contribution in [0.15, 0.2) is 18.2 Å². The average Bonchev–Trinajstić information content (AvgIpc) is 3.08. The summed E-state index contributed by atoms with van der Waals surface area (Å²) in [6, 6.07) is 5.07. The van der Waals surface area contributed by atoms with Crippen molar-refractivity contribution in [2.45, 2.75) is 38.2 Å². The maximum atomic E-state index is 11.2. The summed E-state index contributed by atoms with van der Waals surface area (Å²) >= 11 is 0. The molecule has 24 heavy (non-hydrogen) atoms. The normalized spacial score (nSPS) is 27.2. The third-order valence-corrected chi connectivity index (χ3v) is 5.85. The van der Waals surface area contributed by atoms with Gasteiger partial charge in [-0.1, -0.05) is 6.42 Å². The molecule has 2 N–H and O–H groups in total. The topological polar surface area (TPSA) is 78.6 Å². The highest BCUT2D eigenvalue weighted by Crippen LogP contribution is 2.45. The van der Waals surface area contributed by atoms with Crippen molar-refractivity contribution >= 4 is 23.0 Å². The fraction of sp³-hybridized carbons (Fsp3) is 0.556. The Balaban J connectivity index is 1.70. The molecule has 0 bridgehead atoms. The number of aryl methyl sites for hydroxylation is 1. The van der Waals surface area contributed by atoms with Gasteiger partial charge in [-0.25, -0.2) is 9.78 Å². The third kappa shape index (κ3) is 2.28. The number of carboxylic acid groups (broad SMARTS) is 1. The van der Waals surface area contributed by atoms with Crippen molar-refractivity contribution in [1.29, 1.82) is 0 Å². The molecule has 2 aliphatic rings. The Bertz CT molecular complexity index is 800. The molecule has 2 aromatic rings. The molecule has 1 spiro atoms. The molecule has 1 aromatic carbocycles. The summed E-state index contributed by atoms with van der Waals surface area (Å²) in [5.41, 5.74) is 1.90. The monoisotopic (exact) mass is 329 g/mol. The quantitative estimate of drug-likeness (QED) is 0.884. The van der Waals surface area contributed by atoms with Crippen molar-refractivity contribution in [3.8, 4) is 0 Å². The van der Waals surface area contributed by atoms with Crippen LogP contribution in [0.2, 0.25) is 0 Å². The fourth-order valence-electron chi connectivity index (χ4n) is 4.53. The maximum absolute atomic E-state index is 11.2. The first-order valence-electron chi connectivity index (χ1n) is 8.63. The number of imidazole rings is 1. The van der Waals surface area contributed by atoms with E-state index < -0.39 is 5.97 Å². The number of carboxylic acids is 1. The minimum atomic E-state index is -0.935. The number of hydrogen-bond donors (Lipinski definition) is 2. The SMILES string of the molecule is Cn1c(N2CCC[C@@]3(CCC[C@H]3O)C2)nc2cc(C(=O)O)ccc21. The molecule has 2 heterocycles. The number of carbonyl (C=O) groups is 1. The smallest absolute Gasteiger partial charge is 0.335 e. The standard InChI is InChI=1S/C18H23N3O3/c1-20-14-6-5-12(16(23)24)10-13(14)19-17(20)21-9-3-8-18(11-21)7-2-4-15(18)22/h5-6,10,15,22H,2-4,7-9,11H2,1H3,(H,23,24)/t15-,18+/m1/s1. The van der Waals surface area contributed by atoms with Crippen LogP contribution >= 0.6 is 0 Å². The highest BCUT2D eigenvalue weighted by atomic mass is 16.4. The van der Waals surface area contributed by atoms with E-state index in [1.807, 2.05) is 17.7 Å². The van der Waals surface area contributed by atoms with Gasteiger partial charge in [0, 0.05) is 25.6 Å². The molecule has 0 amide bonds. The first kappa shape index (κ1) is 15.4. The van der Waals surface area contributed by atoms with Gasteiger partial charge in [0.25, 0.3) is 0 Å². The molecule has 1 aliphatic carbocycles. The van der Waals surface area contributed by atoms with E-state index in [1.165, 1.54) is 0 Å². The first-order valence-corrected chi connectivity index (χ1v) is 8.63. The first-order chi connectivity index (χ1) is 11.5. The van der Waals surface area contributed by atoms with Crippen LogP contribution in [0.4, 0.5) is 5.95 Å². The van der Waals surface area contributed by atoms with Crippen LogP contribution in [0, 0.1) is 5.41 Å². The number of piperidine rings is 1. The number of anilines is 1. The lowest BCUT2D eigenvalue weighted by Crippen LogP contribution is -2.48. The van der Waals surface area contributed by atoms with Gasteiger partial charge < -0.3 is 19.7 Å². The number of aromatic nitrogens is 2. The second kappa shape index (κ2) is 5.48. The highest BCUT2D eigenvalue weighted by Gasteiger charge is 2.45. The zero-order valence-electron chi connectivity index (χ0n) is 13.9. The lowest BCUT2D eigenvalue weighted by atomic mass is 9.77. The molecule has 1 aliphatic heterocycles. The molecular weight excluding hydrogens is 306 g/mol. The van der Waals surface area contributed by atoms with Crippen LogP contribution in [-0.4, -0.2) is 44.9 Å². The summed E-state index contributed by atoms with van der Waals surface area (Å²) in [4.78, 5) is 18.1. The van der Waals surface area contributed by atoms with Gasteiger partial charge in [-0.2, -0.15) is 0 Å². The number of fused-ring (bicyclic) bond motifs is 1. The second-order valence-electron chi connectivity index (χ2n) is 7.27. The number of aliphatic hydroxyl groups is 1. The molecule has 128 valence electrons. The largest absolute Gasteiger partial charge is 0.478 e. The Kier molecular flexibility index (Phi) is 3.53. The zero-order valence-corrected chi connectivity index (χ0v) is 13.9. The van der Waals surface area contributed by atoms with Crippen LogP contribution in [0.1, 0.15) is 42.5 Å². The Labute approximate surface area is 140 Å². The Morgan fingerprint density at radius 1 is 1.33 bits per heavy atom. The second-order valence-corrected chi connectivity index (χ2v) is 7.27. The van der Waals surface area contributed by atoms with Crippen molar-refractivity contribution in [1.82, 2.24) is 9.55 Å². The predicted molar refractivity (Wildman–Crippen MR) is 91.4 cm³/mol. The van der Waals surface area contributed by atoms with E-state index in [0.717, 1.165) is 56.7 Å². The van der Waals surface area contributed by atoms with E-state index >= 15 is 0 Å². The van der Waals surface area contributed by atoms with Gasteiger partial charge >= 0.3 is 5.97 Å². The highest BCUT2D eigenvalue weighted by molar-refractivity contribution is 5.93. The fourth-order valence-corrected chi connectivity index (χ4v) is 4.53. The summed E-state index contributed by atoms with van der Waals surface area (Å²) in [5.74, 6) is -0.0687. The Morgan fingerprint density at radius 2 is 2.12 bits per heavy atom. The van der Waals surface area contributed by atoms with Gasteiger partial charge in [-0.15, -0.1) is 0 Å². The lowest BCUT2D eigenvalue weighted by Gasteiger charge is -2.42. The summed E-state index contributed by atoms with van der Waals surface area (Å²) in [6.45, 7) is 1.76. The molecule has 0 radical (unpaired) electrons. The van der Waals surface area contributed by atoms with Gasteiger partial charge in [-0.3, -0.25) is 0 Å². The molecule has 6 nitrogen and oxygen atoms in total. The molecule has 0 unspecified atom stereocenters. The molecule has 2 atom stereocenters. The van der Waals surface area contributed by atoms with Gasteiger partial charge in [0.05, 0.1) is 22.7 Å². The van der Waals surface area contributed by atoms with Crippen LogP contribution in [0.25, 0.3) is 11.0 Å². The summed E-state index contributed by atoms with van der Waals surface area (Å²) in [6.07, 6.45) is 5.00. The van der Waals surface area contributed by atoms with Crippen molar-refractivity contribution in [2.75, 3.05) is 18.0 Å². The number of aromatic carboxylic acids is 1. The summed E-state index contributed by atoms with van der Waals surface area (Å²) < 4.78 is 2.03. The molecule has 2 fully saturated rings. The molecule has 6 heteroatoms. The average molecular weight is 329 g/mol. The van der Waals surface area contributed by atoms with Gasteiger partial charge in [0.2, 0.25) is 5.95 Å². The van der Waals surface area contributed by atoms with Crippen molar-refractivity contribution in [2.24, 2.45) is 12.5 Å². The predicted octanol–water partition coefficient (Wildman–Crippen LogP) is 2.40. The van der Waals surface area contributed by atoms with Crippen molar-refractivity contribution in [3.05, 3.63) is 23.8 Å². The van der Waals surface area contributed by atoms with Crippen LogP contribution in [0.5, 0.6) is 0 Å². The van der Waals surface area contributed by atoms with Crippen molar-refractivity contribution in [3.63, 3.8) is 0 Å². The minimum Gasteiger partial charge on any atom is -0.478 e. The number of benzene rings is 1. The Morgan fingerprint density at radius 3 is 2.83 bits per heavy atom. The number of hydrogen-bond acceptors (Lipinski definition) is 4. The number of rotatable bonds is 2. The van der Waals surface area contributed by atoms with E-state index in [9.17, 15) is 9.90 Å². The van der Waals surface area contributed by atoms with Crippen LogP contribution in [0.3, 0.4) is 0 Å². The van der Waals surface area contributed by atoms with E-state index in [2.05, 4.69) is 4.90 Å². The minimum absolute atomic E-state index is 0.00259. The Hall–Kier alpha value is -2.08. The van der Waals surface area contributed by atoms with Gasteiger partial charge in [-0.05, 0) is 43.9 Å². The van der Waals surface area contributed by atoms with E-state index in [4.69, 9.17) is 10.1 Å². The molecule has 1 saturated heterocycles. The van der Waals surface area contributed by atoms with Gasteiger partial charge in [0.1, 0.15) is 0 Å². The van der Waals surface area contributed by atoms with E-state index in [-0.39, 0.29) is 17.1 Å². The van der Waals surface area contributed by atoms with E-state index in [1.54, 1.807) is 12.1 Å².